The molecule has 1 heterocycles. The van der Waals surface area contributed by atoms with E-state index in [-0.39, 0.29) is 29.6 Å². The smallest absolute Gasteiger partial charge is 0.857 e. The molecule has 0 bridgehead atoms. The van der Waals surface area contributed by atoms with E-state index in [4.69, 9.17) is 16.7 Å². The summed E-state index contributed by atoms with van der Waals surface area (Å²) in [6.07, 6.45) is 0. The third-order valence-electron chi connectivity index (χ3n) is 1.06. The number of thiazole rings is 1. The predicted octanol–water partition coefficient (Wildman–Crippen LogP) is -2.35. The van der Waals surface area contributed by atoms with Crippen molar-refractivity contribution in [3.63, 3.8) is 0 Å². The number of aromatic nitrogens is 1. The molecule has 0 aromatic carbocycles. The van der Waals surface area contributed by atoms with Crippen molar-refractivity contribution in [3.8, 4) is 0 Å². The molecular formula is C7H9ClNNaO3S. The van der Waals surface area contributed by atoms with Gasteiger partial charge in [-0.15, -0.1) is 22.9 Å². The zero-order valence-corrected chi connectivity index (χ0v) is 11.8. The normalized spacial score (nSPS) is 8.00. The standard InChI is InChI=1S/C6H6ClNO2S.CH3O.Na/c1-10-6(9)4-3-11-5(2-7)8-4;1-2;/h3H,2H2,1H3;1H3;/q;-1;+1. The van der Waals surface area contributed by atoms with Gasteiger partial charge in [0.15, 0.2) is 5.69 Å². The van der Waals surface area contributed by atoms with Crippen LogP contribution in [0.1, 0.15) is 15.5 Å². The second-order valence-electron chi connectivity index (χ2n) is 1.75. The predicted molar refractivity (Wildman–Crippen MR) is 48.9 cm³/mol. The first kappa shape index (κ1) is 16.8. The van der Waals surface area contributed by atoms with Crippen molar-refractivity contribution in [2.45, 2.75) is 5.88 Å². The van der Waals surface area contributed by atoms with Gasteiger partial charge in [-0.2, -0.15) is 7.11 Å². The molecule has 0 unspecified atom stereocenters. The molecule has 1 aromatic heterocycles. The number of alkyl halides is 1. The molecule has 0 spiro atoms. The molecule has 0 aliphatic carbocycles. The average Bonchev–Trinajstić information content (AvgIpc) is 2.68. The molecule has 4 nitrogen and oxygen atoms in total. The topological polar surface area (TPSA) is 62.2 Å². The molecule has 0 saturated carbocycles. The van der Waals surface area contributed by atoms with Gasteiger partial charge in [-0.05, 0) is 0 Å². The summed E-state index contributed by atoms with van der Waals surface area (Å²) < 4.78 is 4.46. The van der Waals surface area contributed by atoms with Gasteiger partial charge in [-0.25, -0.2) is 9.78 Å². The van der Waals surface area contributed by atoms with Crippen molar-refractivity contribution in [1.29, 1.82) is 0 Å². The Morgan fingerprint density at radius 1 is 1.71 bits per heavy atom. The zero-order valence-electron chi connectivity index (χ0n) is 8.24. The maximum atomic E-state index is 10.8. The van der Waals surface area contributed by atoms with Crippen molar-refractivity contribution < 1.29 is 44.2 Å². The first-order valence-corrected chi connectivity index (χ1v) is 4.69. The van der Waals surface area contributed by atoms with Crippen LogP contribution in [0.5, 0.6) is 0 Å². The fraction of sp³-hybridized carbons (Fsp3) is 0.429. The van der Waals surface area contributed by atoms with Crippen LogP contribution in [0.4, 0.5) is 0 Å². The number of halogens is 1. The first-order valence-electron chi connectivity index (χ1n) is 3.27. The molecule has 0 radical (unpaired) electrons. The second kappa shape index (κ2) is 9.89. The van der Waals surface area contributed by atoms with Crippen LogP contribution in [0.25, 0.3) is 0 Å². The van der Waals surface area contributed by atoms with Crippen LogP contribution in [0.15, 0.2) is 5.38 Å². The van der Waals surface area contributed by atoms with Gasteiger partial charge in [0.2, 0.25) is 0 Å². The van der Waals surface area contributed by atoms with Crippen molar-refractivity contribution in [2.75, 3.05) is 14.2 Å². The van der Waals surface area contributed by atoms with Crippen LogP contribution in [-0.2, 0) is 10.6 Å². The van der Waals surface area contributed by atoms with Crippen LogP contribution in [0.3, 0.4) is 0 Å². The molecule has 0 fully saturated rings. The third-order valence-corrected chi connectivity index (χ3v) is 2.32. The summed E-state index contributed by atoms with van der Waals surface area (Å²) in [5, 5.41) is 10.6. The minimum atomic E-state index is -0.419. The van der Waals surface area contributed by atoms with E-state index in [0.29, 0.717) is 11.6 Å². The van der Waals surface area contributed by atoms with Crippen molar-refractivity contribution in [2.24, 2.45) is 0 Å². The first-order chi connectivity index (χ1) is 6.27. The van der Waals surface area contributed by atoms with Gasteiger partial charge in [-0.1, -0.05) is 0 Å². The number of ether oxygens (including phenoxy) is 1. The van der Waals surface area contributed by atoms with Crippen molar-refractivity contribution >= 4 is 28.9 Å². The van der Waals surface area contributed by atoms with Gasteiger partial charge in [-0.3, -0.25) is 0 Å². The SMILES string of the molecule is COC(=O)c1csc(CCl)n1.C[O-].[Na+]. The van der Waals surface area contributed by atoms with Crippen molar-refractivity contribution in [1.82, 2.24) is 4.98 Å². The summed E-state index contributed by atoms with van der Waals surface area (Å²) >= 11 is 6.83. The monoisotopic (exact) mass is 245 g/mol. The van der Waals surface area contributed by atoms with E-state index >= 15 is 0 Å². The van der Waals surface area contributed by atoms with Gasteiger partial charge in [0.1, 0.15) is 5.01 Å². The van der Waals surface area contributed by atoms with E-state index in [9.17, 15) is 4.79 Å². The van der Waals surface area contributed by atoms with E-state index < -0.39 is 5.97 Å². The second-order valence-corrected chi connectivity index (χ2v) is 2.96. The van der Waals surface area contributed by atoms with Gasteiger partial charge in [0, 0.05) is 5.38 Å². The van der Waals surface area contributed by atoms with Gasteiger partial charge < -0.3 is 9.84 Å². The molecule has 1 aromatic rings. The van der Waals surface area contributed by atoms with Crippen LogP contribution < -0.4 is 34.7 Å². The van der Waals surface area contributed by atoms with Crippen LogP contribution >= 0.6 is 22.9 Å². The minimum absolute atomic E-state index is 0. The summed E-state index contributed by atoms with van der Waals surface area (Å²) in [5.74, 6) is -0.0839. The Kier molecular flexibility index (Phi) is 11.8. The number of nitrogens with zero attached hydrogens (tertiary/aromatic N) is 1. The van der Waals surface area contributed by atoms with Crippen LogP contribution in [-0.4, -0.2) is 25.2 Å². The molecule has 14 heavy (non-hydrogen) atoms. The Labute approximate surface area is 114 Å². The van der Waals surface area contributed by atoms with Crippen LogP contribution in [0, 0.1) is 0 Å². The fourth-order valence-corrected chi connectivity index (χ4v) is 1.43. The number of rotatable bonds is 2. The Bertz CT molecular complexity index is 269. The molecule has 7 heteroatoms. The van der Waals surface area contributed by atoms with E-state index in [1.54, 1.807) is 5.38 Å². The summed E-state index contributed by atoms with van der Waals surface area (Å²) in [6, 6.07) is 0. The van der Waals surface area contributed by atoms with Gasteiger partial charge in [0.05, 0.1) is 13.0 Å². The Hall–Kier alpha value is 0.350. The number of hydrogen-bond acceptors (Lipinski definition) is 5. The number of carbonyl (C=O) groups excluding carboxylic acids is 1. The zero-order chi connectivity index (χ0) is 10.3. The maximum absolute atomic E-state index is 10.8. The van der Waals surface area contributed by atoms with E-state index in [2.05, 4.69) is 9.72 Å². The Morgan fingerprint density at radius 3 is 2.64 bits per heavy atom. The quantitative estimate of drug-likeness (QED) is 0.333. The largest absolute Gasteiger partial charge is 1.00 e. The molecule has 0 aliphatic rings. The van der Waals surface area contributed by atoms with Gasteiger partial charge >= 0.3 is 35.5 Å². The summed E-state index contributed by atoms with van der Waals surface area (Å²) in [7, 11) is 2.07. The van der Waals surface area contributed by atoms with Gasteiger partial charge in [0.25, 0.3) is 0 Å². The van der Waals surface area contributed by atoms with Crippen molar-refractivity contribution in [3.05, 3.63) is 16.1 Å². The summed E-state index contributed by atoms with van der Waals surface area (Å²) in [6.45, 7) is 0. The van der Waals surface area contributed by atoms with E-state index in [1.807, 2.05) is 0 Å². The fourth-order valence-electron chi connectivity index (χ4n) is 0.571. The molecule has 74 valence electrons. The Balaban J connectivity index is 0. The third kappa shape index (κ3) is 5.29. The molecule has 0 aliphatic heterocycles. The molecule has 0 atom stereocenters. The van der Waals surface area contributed by atoms with E-state index in [0.717, 1.165) is 12.1 Å². The molecule has 1 rings (SSSR count). The Morgan fingerprint density at radius 2 is 2.29 bits per heavy atom. The maximum Gasteiger partial charge on any atom is 1.00 e. The number of carbonyl (C=O) groups is 1. The summed E-state index contributed by atoms with van der Waals surface area (Å²) in [5.41, 5.74) is 0.327. The molecular weight excluding hydrogens is 237 g/mol. The van der Waals surface area contributed by atoms with Crippen LogP contribution in [0.2, 0.25) is 0 Å². The minimum Gasteiger partial charge on any atom is -0.857 e. The molecule has 0 amide bonds. The molecule has 0 N–H and O–H groups in total. The summed E-state index contributed by atoms with van der Waals surface area (Å²) in [4.78, 5) is 14.7. The van der Waals surface area contributed by atoms with E-state index in [1.165, 1.54) is 18.4 Å². The molecule has 0 saturated heterocycles. The number of methoxy groups -OCH3 is 1. The average molecular weight is 246 g/mol. The number of hydrogen-bond donors (Lipinski definition) is 0. The number of esters is 1.